The van der Waals surface area contributed by atoms with Crippen molar-refractivity contribution < 1.29 is 33.7 Å². The third kappa shape index (κ3) is 7.42. The first-order valence-corrected chi connectivity index (χ1v) is 13.4. The fraction of sp³-hybridized carbons (Fsp3) is 0.310. The molecule has 214 valence electrons. The molecule has 2 aromatic carbocycles. The maximum Gasteiger partial charge on any atom is 0.415 e. The Bertz CT molecular complexity index is 1420. The van der Waals surface area contributed by atoms with Crippen LogP contribution in [-0.2, 0) is 16.1 Å². The van der Waals surface area contributed by atoms with E-state index in [-0.39, 0.29) is 18.6 Å². The van der Waals surface area contributed by atoms with Crippen molar-refractivity contribution >= 4 is 29.7 Å². The summed E-state index contributed by atoms with van der Waals surface area (Å²) in [6.45, 7) is 2.37. The number of rotatable bonds is 12. The standard InChI is InChI=1S/C29H31N5O7/c35-26-18-40-24-8-9-25(32-27(24)33-26)34-17-23(41-29(34)38)10-12-30-16-19-4-1-5-20(14-19)21-6-2-7-22(15-21)39-13-3-11-31-28(36)37/h1-2,4-9,14-15,23,30-31H,3,10-13,16-18H2,(H,36,37)(H,32,33,35)/t23-/m0/s1. The van der Waals surface area contributed by atoms with Crippen LogP contribution in [0.1, 0.15) is 18.4 Å². The Morgan fingerprint density at radius 3 is 2.78 bits per heavy atom. The van der Waals surface area contributed by atoms with Gasteiger partial charge in [0.1, 0.15) is 17.7 Å². The monoisotopic (exact) mass is 561 g/mol. The van der Waals surface area contributed by atoms with Crippen molar-refractivity contribution in [1.82, 2.24) is 15.6 Å². The van der Waals surface area contributed by atoms with E-state index >= 15 is 0 Å². The van der Waals surface area contributed by atoms with Crippen molar-refractivity contribution in [3.05, 3.63) is 66.2 Å². The first kappa shape index (κ1) is 27.7. The summed E-state index contributed by atoms with van der Waals surface area (Å²) in [5.74, 6) is 1.60. The maximum atomic E-state index is 12.5. The largest absolute Gasteiger partial charge is 0.494 e. The van der Waals surface area contributed by atoms with Gasteiger partial charge < -0.3 is 35.3 Å². The molecule has 2 aliphatic heterocycles. The molecule has 0 aliphatic carbocycles. The molecular formula is C29H31N5O7. The van der Waals surface area contributed by atoms with E-state index in [9.17, 15) is 14.4 Å². The lowest BCUT2D eigenvalue weighted by atomic mass is 10.0. The molecule has 12 nitrogen and oxygen atoms in total. The first-order chi connectivity index (χ1) is 19.9. The van der Waals surface area contributed by atoms with Crippen molar-refractivity contribution in [3.8, 4) is 22.6 Å². The summed E-state index contributed by atoms with van der Waals surface area (Å²) in [6.07, 6.45) is -0.582. The Kier molecular flexibility index (Phi) is 8.79. The van der Waals surface area contributed by atoms with Gasteiger partial charge in [0, 0.05) is 13.1 Å². The molecule has 0 bridgehead atoms. The summed E-state index contributed by atoms with van der Waals surface area (Å²) >= 11 is 0. The smallest absolute Gasteiger partial charge is 0.415 e. The van der Waals surface area contributed by atoms with Crippen molar-refractivity contribution in [2.75, 3.05) is 43.1 Å². The highest BCUT2D eigenvalue weighted by atomic mass is 16.6. The van der Waals surface area contributed by atoms with Crippen LogP contribution in [0.3, 0.4) is 0 Å². The molecule has 0 radical (unpaired) electrons. The van der Waals surface area contributed by atoms with E-state index in [2.05, 4.69) is 27.0 Å². The number of amides is 3. The van der Waals surface area contributed by atoms with Gasteiger partial charge in [-0.3, -0.25) is 9.69 Å². The minimum atomic E-state index is -1.04. The molecule has 41 heavy (non-hydrogen) atoms. The minimum absolute atomic E-state index is 0.0572. The van der Waals surface area contributed by atoms with E-state index in [1.807, 2.05) is 42.5 Å². The lowest BCUT2D eigenvalue weighted by Crippen LogP contribution is -2.29. The molecule has 3 heterocycles. The summed E-state index contributed by atoms with van der Waals surface area (Å²) in [4.78, 5) is 40.4. The number of hydrogen-bond acceptors (Lipinski definition) is 8. The SMILES string of the molecule is O=C(O)NCCCOc1cccc(-c2cccc(CNCC[C@H]3CN(c4ccc5c(n4)NC(=O)CO5)C(=O)O3)c2)c1. The van der Waals surface area contributed by atoms with Gasteiger partial charge in [0.05, 0.1) is 13.2 Å². The van der Waals surface area contributed by atoms with Crippen LogP contribution in [0.5, 0.6) is 11.5 Å². The number of carboxylic acid groups (broad SMARTS) is 1. The molecule has 3 aromatic rings. The normalized spacial score (nSPS) is 15.9. The maximum absolute atomic E-state index is 12.5. The zero-order chi connectivity index (χ0) is 28.6. The molecule has 4 N–H and O–H groups in total. The van der Waals surface area contributed by atoms with Gasteiger partial charge in [0.15, 0.2) is 18.2 Å². The van der Waals surface area contributed by atoms with Crippen LogP contribution in [0.15, 0.2) is 60.7 Å². The van der Waals surface area contributed by atoms with Gasteiger partial charge in [0.2, 0.25) is 0 Å². The number of carbonyl (C=O) groups is 3. The molecule has 2 aliphatic rings. The number of ether oxygens (including phenoxy) is 3. The van der Waals surface area contributed by atoms with Gasteiger partial charge in [-0.05, 0) is 66.4 Å². The highest BCUT2D eigenvalue weighted by Crippen LogP contribution is 2.30. The number of benzene rings is 2. The van der Waals surface area contributed by atoms with Crippen molar-refractivity contribution in [2.45, 2.75) is 25.5 Å². The molecule has 1 fully saturated rings. The fourth-order valence-electron chi connectivity index (χ4n) is 4.54. The zero-order valence-corrected chi connectivity index (χ0v) is 22.3. The van der Waals surface area contributed by atoms with E-state index in [0.717, 1.165) is 22.4 Å². The number of fused-ring (bicyclic) bond motifs is 1. The lowest BCUT2D eigenvalue weighted by Gasteiger charge is -2.19. The second kappa shape index (κ2) is 13.0. The van der Waals surface area contributed by atoms with Crippen molar-refractivity contribution in [2.24, 2.45) is 0 Å². The summed E-state index contributed by atoms with van der Waals surface area (Å²) < 4.78 is 16.6. The summed E-state index contributed by atoms with van der Waals surface area (Å²) in [7, 11) is 0. The third-order valence-electron chi connectivity index (χ3n) is 6.54. The number of nitrogens with one attached hydrogen (secondary N) is 3. The van der Waals surface area contributed by atoms with Gasteiger partial charge in [-0.1, -0.05) is 30.3 Å². The van der Waals surface area contributed by atoms with Crippen LogP contribution in [0.4, 0.5) is 21.2 Å². The molecule has 1 atom stereocenters. The second-order valence-corrected chi connectivity index (χ2v) is 9.60. The highest BCUT2D eigenvalue weighted by molar-refractivity contribution is 5.95. The molecule has 12 heteroatoms. The number of hydrogen-bond donors (Lipinski definition) is 4. The van der Waals surface area contributed by atoms with E-state index in [1.54, 1.807) is 12.1 Å². The fourth-order valence-corrected chi connectivity index (χ4v) is 4.54. The average Bonchev–Trinajstić information content (AvgIpc) is 3.35. The lowest BCUT2D eigenvalue weighted by molar-refractivity contribution is -0.118. The summed E-state index contributed by atoms with van der Waals surface area (Å²) in [5.41, 5.74) is 3.19. The topological polar surface area (TPSA) is 151 Å². The first-order valence-electron chi connectivity index (χ1n) is 13.4. The van der Waals surface area contributed by atoms with Gasteiger partial charge in [-0.15, -0.1) is 0 Å². The highest BCUT2D eigenvalue weighted by Gasteiger charge is 2.33. The van der Waals surface area contributed by atoms with Gasteiger partial charge in [-0.25, -0.2) is 14.6 Å². The Balaban J connectivity index is 1.08. The Morgan fingerprint density at radius 1 is 1.10 bits per heavy atom. The number of nitrogens with zero attached hydrogens (tertiary/aromatic N) is 2. The molecule has 0 spiro atoms. The Labute approximate surface area is 236 Å². The van der Waals surface area contributed by atoms with Crippen LogP contribution in [0.2, 0.25) is 0 Å². The van der Waals surface area contributed by atoms with E-state index in [0.29, 0.717) is 63.0 Å². The molecule has 0 unspecified atom stereocenters. The van der Waals surface area contributed by atoms with E-state index in [4.69, 9.17) is 19.3 Å². The number of carbonyl (C=O) groups excluding carboxylic acids is 2. The van der Waals surface area contributed by atoms with Crippen molar-refractivity contribution in [3.63, 3.8) is 0 Å². The molecule has 3 amide bonds. The second-order valence-electron chi connectivity index (χ2n) is 9.60. The van der Waals surface area contributed by atoms with E-state index < -0.39 is 12.2 Å². The third-order valence-corrected chi connectivity index (χ3v) is 6.54. The number of pyridine rings is 1. The van der Waals surface area contributed by atoms with Gasteiger partial charge >= 0.3 is 12.2 Å². The van der Waals surface area contributed by atoms with Crippen LogP contribution < -0.4 is 30.3 Å². The van der Waals surface area contributed by atoms with E-state index in [1.165, 1.54) is 4.90 Å². The van der Waals surface area contributed by atoms with Gasteiger partial charge in [0.25, 0.3) is 5.91 Å². The Morgan fingerprint density at radius 2 is 1.93 bits per heavy atom. The van der Waals surface area contributed by atoms with Gasteiger partial charge in [-0.2, -0.15) is 0 Å². The van der Waals surface area contributed by atoms with Crippen LogP contribution >= 0.6 is 0 Å². The van der Waals surface area contributed by atoms with Crippen molar-refractivity contribution in [1.29, 1.82) is 0 Å². The number of cyclic esters (lactones) is 1. The predicted octanol–water partition coefficient (Wildman–Crippen LogP) is 3.62. The van der Waals surface area contributed by atoms with Crippen LogP contribution in [0, 0.1) is 0 Å². The summed E-state index contributed by atoms with van der Waals surface area (Å²) in [5, 5.41) is 17.0. The minimum Gasteiger partial charge on any atom is -0.494 e. The van der Waals surface area contributed by atoms with Crippen LogP contribution in [-0.4, -0.2) is 67.1 Å². The molecule has 0 saturated carbocycles. The number of aromatic nitrogens is 1. The molecule has 1 aromatic heterocycles. The summed E-state index contributed by atoms with van der Waals surface area (Å²) in [6, 6.07) is 19.4. The number of anilines is 2. The quantitative estimate of drug-likeness (QED) is 0.243. The van der Waals surface area contributed by atoms with Crippen LogP contribution in [0.25, 0.3) is 11.1 Å². The molecule has 5 rings (SSSR count). The molecular weight excluding hydrogens is 530 g/mol. The average molecular weight is 562 g/mol. The Hall–Kier alpha value is -4.84. The predicted molar refractivity (Wildman–Crippen MR) is 150 cm³/mol. The molecule has 1 saturated heterocycles. The zero-order valence-electron chi connectivity index (χ0n) is 22.3.